The van der Waals surface area contributed by atoms with Crippen LogP contribution in [-0.4, -0.2) is 30.3 Å². The van der Waals surface area contributed by atoms with Crippen molar-refractivity contribution in [1.29, 1.82) is 0 Å². The summed E-state index contributed by atoms with van der Waals surface area (Å²) >= 11 is 5.94. The Labute approximate surface area is 93.0 Å². The number of hydrogen-bond acceptors (Lipinski definition) is 3. The van der Waals surface area contributed by atoms with E-state index in [4.69, 9.17) is 21.5 Å². The van der Waals surface area contributed by atoms with Gasteiger partial charge in [0.2, 0.25) is 0 Å². The third-order valence-electron chi connectivity index (χ3n) is 2.01. The second-order valence-electron chi connectivity index (χ2n) is 3.05. The number of halogens is 1. The number of hydrogen-bond donors (Lipinski definition) is 1. The van der Waals surface area contributed by atoms with Crippen LogP contribution in [0.4, 0.5) is 0 Å². The zero-order valence-electron chi connectivity index (χ0n) is 8.53. The number of benzene rings is 1. The first-order valence-electron chi connectivity index (χ1n) is 4.32. The Balaban J connectivity index is 2.99. The molecule has 0 amide bonds. The van der Waals surface area contributed by atoms with Gasteiger partial charge in [0.05, 0.1) is 24.2 Å². The molecule has 0 heterocycles. The average Bonchev–Trinajstić information content (AvgIpc) is 2.20. The third-order valence-corrected chi connectivity index (χ3v) is 2.46. The SMILES string of the molecule is CON(C)Cc1cccc(C(=O)O)c1Cl. The fourth-order valence-electron chi connectivity index (χ4n) is 1.17. The standard InChI is InChI=1S/C10H12ClNO3/c1-12(15-2)6-7-4-3-5-8(9(7)11)10(13)14/h3-5H,6H2,1-2H3,(H,13,14). The van der Waals surface area contributed by atoms with Crippen molar-refractivity contribution in [2.75, 3.05) is 14.2 Å². The van der Waals surface area contributed by atoms with E-state index in [1.54, 1.807) is 24.2 Å². The van der Waals surface area contributed by atoms with Crippen LogP contribution in [0.25, 0.3) is 0 Å². The van der Waals surface area contributed by atoms with Crippen molar-refractivity contribution in [2.24, 2.45) is 0 Å². The molecule has 0 saturated carbocycles. The van der Waals surface area contributed by atoms with Crippen molar-refractivity contribution in [3.8, 4) is 0 Å². The molecular weight excluding hydrogens is 218 g/mol. The number of carboxylic acid groups (broad SMARTS) is 1. The molecule has 82 valence electrons. The van der Waals surface area contributed by atoms with Crippen LogP contribution in [0, 0.1) is 0 Å². The Kier molecular flexibility index (Phi) is 4.08. The molecule has 0 aliphatic heterocycles. The first-order valence-corrected chi connectivity index (χ1v) is 4.70. The number of carboxylic acids is 1. The molecule has 0 radical (unpaired) electrons. The number of nitrogens with zero attached hydrogens (tertiary/aromatic N) is 1. The molecule has 15 heavy (non-hydrogen) atoms. The summed E-state index contributed by atoms with van der Waals surface area (Å²) in [6.07, 6.45) is 0. The van der Waals surface area contributed by atoms with Gasteiger partial charge in [0.15, 0.2) is 0 Å². The van der Waals surface area contributed by atoms with Crippen LogP contribution in [0.1, 0.15) is 15.9 Å². The van der Waals surface area contributed by atoms with Crippen molar-refractivity contribution in [3.05, 3.63) is 34.3 Å². The highest BCUT2D eigenvalue weighted by Gasteiger charge is 2.12. The van der Waals surface area contributed by atoms with Crippen LogP contribution in [0.5, 0.6) is 0 Å². The van der Waals surface area contributed by atoms with E-state index in [2.05, 4.69) is 0 Å². The van der Waals surface area contributed by atoms with E-state index in [-0.39, 0.29) is 10.6 Å². The Bertz CT molecular complexity index is 368. The molecule has 4 nitrogen and oxygen atoms in total. The highest BCUT2D eigenvalue weighted by Crippen LogP contribution is 2.22. The van der Waals surface area contributed by atoms with E-state index in [9.17, 15) is 4.79 Å². The van der Waals surface area contributed by atoms with E-state index >= 15 is 0 Å². The Hall–Kier alpha value is -1.10. The first-order chi connectivity index (χ1) is 7.06. The normalized spacial score (nSPS) is 10.7. The number of aromatic carboxylic acids is 1. The molecule has 5 heteroatoms. The summed E-state index contributed by atoms with van der Waals surface area (Å²) in [6.45, 7) is 0.441. The molecule has 1 N–H and O–H groups in total. The van der Waals surface area contributed by atoms with Gasteiger partial charge in [-0.1, -0.05) is 23.7 Å². The largest absolute Gasteiger partial charge is 0.478 e. The first kappa shape index (κ1) is 12.0. The number of rotatable bonds is 4. The van der Waals surface area contributed by atoms with Crippen LogP contribution in [0.15, 0.2) is 18.2 Å². The maximum Gasteiger partial charge on any atom is 0.337 e. The molecule has 0 fully saturated rings. The van der Waals surface area contributed by atoms with E-state index in [1.165, 1.54) is 13.2 Å². The highest BCUT2D eigenvalue weighted by atomic mass is 35.5. The molecule has 0 atom stereocenters. The number of hydroxylamine groups is 2. The van der Waals surface area contributed by atoms with E-state index in [0.717, 1.165) is 5.56 Å². The summed E-state index contributed by atoms with van der Waals surface area (Å²) in [4.78, 5) is 15.7. The quantitative estimate of drug-likeness (QED) is 0.803. The predicted molar refractivity (Wildman–Crippen MR) is 56.9 cm³/mol. The molecule has 1 aromatic carbocycles. The summed E-state index contributed by atoms with van der Waals surface area (Å²) in [7, 11) is 3.28. The lowest BCUT2D eigenvalue weighted by Crippen LogP contribution is -2.16. The lowest BCUT2D eigenvalue weighted by atomic mass is 10.1. The van der Waals surface area contributed by atoms with Gasteiger partial charge in [0.1, 0.15) is 0 Å². The summed E-state index contributed by atoms with van der Waals surface area (Å²) < 4.78 is 0. The summed E-state index contributed by atoms with van der Waals surface area (Å²) in [5.74, 6) is -1.03. The van der Waals surface area contributed by atoms with Gasteiger partial charge in [-0.2, -0.15) is 5.06 Å². The van der Waals surface area contributed by atoms with Gasteiger partial charge in [-0.25, -0.2) is 4.79 Å². The van der Waals surface area contributed by atoms with Crippen LogP contribution < -0.4 is 0 Å². The molecule has 1 rings (SSSR count). The molecule has 0 saturated heterocycles. The minimum absolute atomic E-state index is 0.110. The summed E-state index contributed by atoms with van der Waals surface area (Å²) in [6, 6.07) is 4.90. The zero-order valence-corrected chi connectivity index (χ0v) is 9.28. The lowest BCUT2D eigenvalue weighted by molar-refractivity contribution is -0.116. The van der Waals surface area contributed by atoms with E-state index in [0.29, 0.717) is 6.54 Å². The maximum absolute atomic E-state index is 10.8. The van der Waals surface area contributed by atoms with E-state index < -0.39 is 5.97 Å². The van der Waals surface area contributed by atoms with Crippen LogP contribution in [-0.2, 0) is 11.4 Å². The van der Waals surface area contributed by atoms with Crippen molar-refractivity contribution in [3.63, 3.8) is 0 Å². The van der Waals surface area contributed by atoms with Crippen molar-refractivity contribution in [1.82, 2.24) is 5.06 Å². The minimum Gasteiger partial charge on any atom is -0.478 e. The van der Waals surface area contributed by atoms with Crippen molar-refractivity contribution in [2.45, 2.75) is 6.54 Å². The van der Waals surface area contributed by atoms with Crippen LogP contribution >= 0.6 is 11.6 Å². The van der Waals surface area contributed by atoms with Crippen molar-refractivity contribution < 1.29 is 14.7 Å². The molecule has 1 aromatic rings. The molecular formula is C10H12ClNO3. The Morgan fingerprint density at radius 3 is 2.80 bits per heavy atom. The van der Waals surface area contributed by atoms with Gasteiger partial charge < -0.3 is 9.94 Å². The lowest BCUT2D eigenvalue weighted by Gasteiger charge is -2.14. The topological polar surface area (TPSA) is 49.8 Å². The molecule has 0 aromatic heterocycles. The van der Waals surface area contributed by atoms with Gasteiger partial charge >= 0.3 is 5.97 Å². The van der Waals surface area contributed by atoms with Crippen LogP contribution in [0.3, 0.4) is 0 Å². The monoisotopic (exact) mass is 229 g/mol. The maximum atomic E-state index is 10.8. The Morgan fingerprint density at radius 2 is 2.27 bits per heavy atom. The fraction of sp³-hybridized carbons (Fsp3) is 0.300. The number of carbonyl (C=O) groups is 1. The average molecular weight is 230 g/mol. The Morgan fingerprint density at radius 1 is 1.60 bits per heavy atom. The fourth-order valence-corrected chi connectivity index (χ4v) is 1.44. The minimum atomic E-state index is -1.03. The molecule has 0 bridgehead atoms. The highest BCUT2D eigenvalue weighted by molar-refractivity contribution is 6.34. The van der Waals surface area contributed by atoms with Gasteiger partial charge in [0, 0.05) is 7.05 Å². The summed E-state index contributed by atoms with van der Waals surface area (Å²) in [5.41, 5.74) is 0.833. The van der Waals surface area contributed by atoms with Crippen molar-refractivity contribution >= 4 is 17.6 Å². The second-order valence-corrected chi connectivity index (χ2v) is 3.43. The zero-order chi connectivity index (χ0) is 11.4. The summed E-state index contributed by atoms with van der Waals surface area (Å²) in [5, 5.41) is 10.7. The van der Waals surface area contributed by atoms with Gasteiger partial charge in [-0.3, -0.25) is 0 Å². The molecule has 0 unspecified atom stereocenters. The van der Waals surface area contributed by atoms with Gasteiger partial charge in [0.25, 0.3) is 0 Å². The third kappa shape index (κ3) is 2.92. The molecule has 0 aliphatic carbocycles. The van der Waals surface area contributed by atoms with Crippen LogP contribution in [0.2, 0.25) is 5.02 Å². The molecule has 0 aliphatic rings. The van der Waals surface area contributed by atoms with Gasteiger partial charge in [-0.05, 0) is 11.6 Å². The smallest absolute Gasteiger partial charge is 0.337 e. The molecule has 0 spiro atoms. The predicted octanol–water partition coefficient (Wildman–Crippen LogP) is 2.03. The van der Waals surface area contributed by atoms with Gasteiger partial charge in [-0.15, -0.1) is 0 Å². The van der Waals surface area contributed by atoms with E-state index in [1.807, 2.05) is 0 Å². The second kappa shape index (κ2) is 5.11.